The van der Waals surface area contributed by atoms with Gasteiger partial charge in [-0.25, -0.2) is 0 Å². The molecule has 3 nitrogen and oxygen atoms in total. The molecule has 0 aliphatic heterocycles. The topological polar surface area (TPSA) is 44.5 Å². The molecule has 0 spiro atoms. The monoisotopic (exact) mass is 227 g/mol. The Kier molecular flexibility index (Phi) is 3.88. The fraction of sp³-hybridized carbons (Fsp3) is 0.455. The van der Waals surface area contributed by atoms with Crippen LogP contribution in [0.3, 0.4) is 0 Å². The first-order valence-electron chi connectivity index (χ1n) is 4.68. The lowest BCUT2D eigenvalue weighted by Gasteiger charge is -2.18. The van der Waals surface area contributed by atoms with Crippen molar-refractivity contribution in [3.8, 4) is 11.5 Å². The SMILES string of the molecule is COc1cc(C(N)S)c(OC)c(C)c1C. The summed E-state index contributed by atoms with van der Waals surface area (Å²) in [5, 5.41) is -0.367. The van der Waals surface area contributed by atoms with Crippen LogP contribution in [0.15, 0.2) is 6.07 Å². The minimum absolute atomic E-state index is 0.367. The van der Waals surface area contributed by atoms with Crippen molar-refractivity contribution in [2.45, 2.75) is 19.2 Å². The van der Waals surface area contributed by atoms with E-state index >= 15 is 0 Å². The van der Waals surface area contributed by atoms with Crippen LogP contribution in [0.4, 0.5) is 0 Å². The molecule has 0 radical (unpaired) electrons. The third kappa shape index (κ3) is 2.21. The van der Waals surface area contributed by atoms with E-state index in [2.05, 4.69) is 12.6 Å². The summed E-state index contributed by atoms with van der Waals surface area (Å²) in [6.07, 6.45) is 0. The molecule has 4 heteroatoms. The molecular formula is C11H17NO2S. The molecule has 0 aliphatic rings. The Morgan fingerprint density at radius 3 is 2.20 bits per heavy atom. The van der Waals surface area contributed by atoms with Gasteiger partial charge in [-0.1, -0.05) is 0 Å². The van der Waals surface area contributed by atoms with Gasteiger partial charge in [0.1, 0.15) is 11.5 Å². The molecule has 84 valence electrons. The first kappa shape index (κ1) is 12.2. The summed E-state index contributed by atoms with van der Waals surface area (Å²) >= 11 is 4.22. The smallest absolute Gasteiger partial charge is 0.127 e. The van der Waals surface area contributed by atoms with E-state index in [4.69, 9.17) is 15.2 Å². The van der Waals surface area contributed by atoms with Gasteiger partial charge in [-0.05, 0) is 31.0 Å². The fourth-order valence-electron chi connectivity index (χ4n) is 1.59. The number of benzene rings is 1. The summed E-state index contributed by atoms with van der Waals surface area (Å²) < 4.78 is 10.6. The van der Waals surface area contributed by atoms with E-state index in [0.29, 0.717) is 0 Å². The zero-order chi connectivity index (χ0) is 11.6. The number of hydrogen-bond acceptors (Lipinski definition) is 4. The molecule has 1 aromatic carbocycles. The van der Waals surface area contributed by atoms with Crippen molar-refractivity contribution in [1.29, 1.82) is 0 Å². The highest BCUT2D eigenvalue weighted by Gasteiger charge is 2.16. The van der Waals surface area contributed by atoms with E-state index in [1.165, 1.54) is 0 Å². The second kappa shape index (κ2) is 4.77. The Bertz CT molecular complexity index is 364. The molecule has 15 heavy (non-hydrogen) atoms. The van der Waals surface area contributed by atoms with Crippen LogP contribution < -0.4 is 15.2 Å². The highest BCUT2D eigenvalue weighted by molar-refractivity contribution is 7.80. The van der Waals surface area contributed by atoms with E-state index in [1.54, 1.807) is 14.2 Å². The zero-order valence-electron chi connectivity index (χ0n) is 9.50. The number of thiol groups is 1. The van der Waals surface area contributed by atoms with Gasteiger partial charge in [0.15, 0.2) is 0 Å². The van der Waals surface area contributed by atoms with Gasteiger partial charge in [0, 0.05) is 5.56 Å². The summed E-state index contributed by atoms with van der Waals surface area (Å²) in [4.78, 5) is 0. The molecule has 1 rings (SSSR count). The first-order valence-corrected chi connectivity index (χ1v) is 5.20. The Labute approximate surface area is 96.0 Å². The third-order valence-electron chi connectivity index (χ3n) is 2.56. The van der Waals surface area contributed by atoms with E-state index in [9.17, 15) is 0 Å². The average Bonchev–Trinajstić information content (AvgIpc) is 2.21. The third-order valence-corrected chi connectivity index (χ3v) is 2.84. The molecule has 1 atom stereocenters. The van der Waals surface area contributed by atoms with Crippen LogP contribution in [0.25, 0.3) is 0 Å². The van der Waals surface area contributed by atoms with Gasteiger partial charge >= 0.3 is 0 Å². The number of methoxy groups -OCH3 is 2. The van der Waals surface area contributed by atoms with Crippen LogP contribution in [-0.4, -0.2) is 14.2 Å². The predicted octanol–water partition coefficient (Wildman–Crippen LogP) is 2.21. The maximum atomic E-state index is 5.76. The number of rotatable bonds is 3. The van der Waals surface area contributed by atoms with Crippen LogP contribution in [0.5, 0.6) is 11.5 Å². The van der Waals surface area contributed by atoms with Crippen molar-refractivity contribution in [3.05, 3.63) is 22.8 Å². The fourth-order valence-corrected chi connectivity index (χ4v) is 1.78. The van der Waals surface area contributed by atoms with Gasteiger partial charge in [0.2, 0.25) is 0 Å². The van der Waals surface area contributed by atoms with Gasteiger partial charge in [-0.2, -0.15) is 12.6 Å². The molecule has 0 bridgehead atoms. The van der Waals surface area contributed by atoms with Gasteiger partial charge in [0.05, 0.1) is 19.6 Å². The Hall–Kier alpha value is -0.870. The molecule has 0 aliphatic carbocycles. The Morgan fingerprint density at radius 1 is 1.20 bits per heavy atom. The normalized spacial score (nSPS) is 12.4. The van der Waals surface area contributed by atoms with E-state index in [-0.39, 0.29) is 5.37 Å². The standard InChI is InChI=1S/C11H17NO2S/c1-6-7(2)10(14-4)8(11(12)15)5-9(6)13-3/h5,11,15H,12H2,1-4H3. The molecule has 0 fully saturated rings. The highest BCUT2D eigenvalue weighted by atomic mass is 32.1. The van der Waals surface area contributed by atoms with Crippen molar-refractivity contribution in [2.24, 2.45) is 5.73 Å². The van der Waals surface area contributed by atoms with Crippen molar-refractivity contribution in [2.75, 3.05) is 14.2 Å². The second-order valence-electron chi connectivity index (χ2n) is 3.40. The largest absolute Gasteiger partial charge is 0.496 e. The lowest BCUT2D eigenvalue weighted by Crippen LogP contribution is -2.07. The minimum Gasteiger partial charge on any atom is -0.496 e. The molecule has 0 amide bonds. The quantitative estimate of drug-likeness (QED) is 0.614. The predicted molar refractivity (Wildman–Crippen MR) is 64.9 cm³/mol. The summed E-state index contributed by atoms with van der Waals surface area (Å²) in [6.45, 7) is 3.97. The molecule has 1 aromatic rings. The molecule has 1 unspecified atom stereocenters. The molecule has 0 saturated heterocycles. The summed E-state index contributed by atoms with van der Waals surface area (Å²) in [5.74, 6) is 1.60. The lowest BCUT2D eigenvalue weighted by molar-refractivity contribution is 0.393. The molecule has 2 N–H and O–H groups in total. The maximum absolute atomic E-state index is 5.76. The van der Waals surface area contributed by atoms with E-state index in [1.807, 2.05) is 19.9 Å². The molecular weight excluding hydrogens is 210 g/mol. The number of nitrogens with two attached hydrogens (primary N) is 1. The highest BCUT2D eigenvalue weighted by Crippen LogP contribution is 2.36. The molecule has 0 aromatic heterocycles. The Morgan fingerprint density at radius 2 is 1.80 bits per heavy atom. The minimum atomic E-state index is -0.367. The Balaban J connectivity index is 3.44. The first-order chi connectivity index (χ1) is 7.02. The van der Waals surface area contributed by atoms with Gasteiger partial charge in [0.25, 0.3) is 0 Å². The zero-order valence-corrected chi connectivity index (χ0v) is 10.4. The van der Waals surface area contributed by atoms with Crippen molar-refractivity contribution < 1.29 is 9.47 Å². The van der Waals surface area contributed by atoms with Crippen LogP contribution in [-0.2, 0) is 0 Å². The van der Waals surface area contributed by atoms with E-state index < -0.39 is 0 Å². The second-order valence-corrected chi connectivity index (χ2v) is 3.95. The van der Waals surface area contributed by atoms with Crippen molar-refractivity contribution in [1.82, 2.24) is 0 Å². The van der Waals surface area contributed by atoms with Crippen LogP contribution in [0.2, 0.25) is 0 Å². The lowest BCUT2D eigenvalue weighted by atomic mass is 10.0. The average molecular weight is 227 g/mol. The maximum Gasteiger partial charge on any atom is 0.127 e. The molecule has 0 saturated carbocycles. The van der Waals surface area contributed by atoms with Crippen LogP contribution in [0, 0.1) is 13.8 Å². The summed E-state index contributed by atoms with van der Waals surface area (Å²) in [6, 6.07) is 1.87. The van der Waals surface area contributed by atoms with Gasteiger partial charge in [-0.15, -0.1) is 0 Å². The van der Waals surface area contributed by atoms with Gasteiger partial charge < -0.3 is 15.2 Å². The van der Waals surface area contributed by atoms with Crippen LogP contribution in [0.1, 0.15) is 22.1 Å². The summed E-state index contributed by atoms with van der Waals surface area (Å²) in [7, 11) is 3.27. The van der Waals surface area contributed by atoms with Crippen LogP contribution >= 0.6 is 12.6 Å². The number of hydrogen-bond donors (Lipinski definition) is 2. The van der Waals surface area contributed by atoms with Crippen molar-refractivity contribution in [3.63, 3.8) is 0 Å². The summed E-state index contributed by atoms with van der Waals surface area (Å²) in [5.41, 5.74) is 8.71. The number of ether oxygens (including phenoxy) is 2. The molecule has 0 heterocycles. The van der Waals surface area contributed by atoms with Crippen molar-refractivity contribution >= 4 is 12.6 Å². The van der Waals surface area contributed by atoms with Gasteiger partial charge in [-0.3, -0.25) is 0 Å². The van der Waals surface area contributed by atoms with E-state index in [0.717, 1.165) is 28.2 Å².